The van der Waals surface area contributed by atoms with Crippen LogP contribution in [0.5, 0.6) is 0 Å². The second kappa shape index (κ2) is 12.9. The highest BCUT2D eigenvalue weighted by molar-refractivity contribution is 5.65. The first-order valence-electron chi connectivity index (χ1n) is 14.2. The summed E-state index contributed by atoms with van der Waals surface area (Å²) in [6.07, 6.45) is 17.6. The van der Waals surface area contributed by atoms with Gasteiger partial charge in [0.2, 0.25) is 0 Å². The quantitative estimate of drug-likeness (QED) is 0.347. The van der Waals surface area contributed by atoms with Crippen LogP contribution in [-0.2, 0) is 0 Å². The van der Waals surface area contributed by atoms with E-state index in [0.717, 1.165) is 35.8 Å². The molecule has 2 heteroatoms. The van der Waals surface area contributed by atoms with E-state index in [1.807, 2.05) is 12.1 Å². The normalized spacial score (nSPS) is 25.4. The largest absolute Gasteiger partial charge is 0.396 e. The molecule has 1 nitrogen and oxygen atoms in total. The predicted molar refractivity (Wildman–Crippen MR) is 142 cm³/mol. The van der Waals surface area contributed by atoms with Gasteiger partial charge in [-0.05, 0) is 111 Å². The van der Waals surface area contributed by atoms with E-state index in [1.54, 1.807) is 0 Å². The van der Waals surface area contributed by atoms with E-state index in [4.69, 9.17) is 5.11 Å². The molecule has 2 aliphatic rings. The second-order valence-corrected chi connectivity index (χ2v) is 11.2. The Morgan fingerprint density at radius 1 is 0.706 bits per heavy atom. The van der Waals surface area contributed by atoms with Crippen molar-refractivity contribution >= 4 is 0 Å². The van der Waals surface area contributed by atoms with Crippen LogP contribution in [0.1, 0.15) is 120 Å². The third kappa shape index (κ3) is 6.72. The summed E-state index contributed by atoms with van der Waals surface area (Å²) in [5, 5.41) is 9.06. The van der Waals surface area contributed by atoms with Crippen LogP contribution < -0.4 is 0 Å². The van der Waals surface area contributed by atoms with Crippen molar-refractivity contribution in [1.29, 1.82) is 0 Å². The minimum Gasteiger partial charge on any atom is -0.396 e. The summed E-state index contributed by atoms with van der Waals surface area (Å²) in [4.78, 5) is 0. The average molecular weight is 465 g/mol. The number of benzene rings is 2. The molecule has 4 rings (SSSR count). The molecule has 186 valence electrons. The Kier molecular flexibility index (Phi) is 9.62. The fourth-order valence-electron chi connectivity index (χ4n) is 6.59. The highest BCUT2D eigenvalue weighted by Crippen LogP contribution is 2.40. The molecule has 1 N–H and O–H groups in total. The molecule has 34 heavy (non-hydrogen) atoms. The molecular weight excluding hydrogens is 419 g/mol. The molecule has 2 fully saturated rings. The summed E-state index contributed by atoms with van der Waals surface area (Å²) >= 11 is 0. The van der Waals surface area contributed by atoms with Crippen LogP contribution in [0.25, 0.3) is 11.1 Å². The van der Waals surface area contributed by atoms with Crippen LogP contribution >= 0.6 is 0 Å². The van der Waals surface area contributed by atoms with Crippen molar-refractivity contribution < 1.29 is 9.50 Å². The van der Waals surface area contributed by atoms with Gasteiger partial charge in [0, 0.05) is 12.2 Å². The monoisotopic (exact) mass is 464 g/mol. The van der Waals surface area contributed by atoms with Gasteiger partial charge in [-0.2, -0.15) is 0 Å². The molecule has 0 unspecified atom stereocenters. The Hall–Kier alpha value is -1.67. The first kappa shape index (κ1) is 25.4. The van der Waals surface area contributed by atoms with E-state index < -0.39 is 0 Å². The SMILES string of the molecule is CCCCC[C@H]1CC[C@H](c2ccc(-c3ccc([C@H]4CC[C@H](CCCO)CC4)cc3)c(F)c2)CC1. The maximum absolute atomic E-state index is 15.2. The third-order valence-corrected chi connectivity index (χ3v) is 8.84. The summed E-state index contributed by atoms with van der Waals surface area (Å²) in [5.41, 5.74) is 4.32. The molecule has 2 saturated carbocycles. The zero-order chi connectivity index (χ0) is 23.8. The van der Waals surface area contributed by atoms with Gasteiger partial charge in [-0.1, -0.05) is 69.0 Å². The Labute approximate surface area is 207 Å². The molecule has 0 aliphatic heterocycles. The predicted octanol–water partition coefficient (Wildman–Crippen LogP) is 9.39. The van der Waals surface area contributed by atoms with Crippen molar-refractivity contribution in [3.8, 4) is 11.1 Å². The molecule has 2 aromatic rings. The lowest BCUT2D eigenvalue weighted by Gasteiger charge is -2.29. The van der Waals surface area contributed by atoms with Crippen LogP contribution in [0.15, 0.2) is 42.5 Å². The molecule has 0 spiro atoms. The summed E-state index contributed by atoms with van der Waals surface area (Å²) in [6.45, 7) is 2.59. The maximum atomic E-state index is 15.2. The summed E-state index contributed by atoms with van der Waals surface area (Å²) in [7, 11) is 0. The van der Waals surface area contributed by atoms with E-state index >= 15 is 4.39 Å². The standard InChI is InChI=1S/C32H45FO/c1-2-3-4-6-24-10-14-28(15-11-24)30-20-21-31(32(33)23-30)29-18-16-27(17-19-29)26-12-8-25(9-13-26)7-5-22-34/h16-21,23-26,28,34H,2-15,22H2,1H3/t24-,25-,26-,28-. The molecule has 0 saturated heterocycles. The summed E-state index contributed by atoms with van der Waals surface area (Å²) in [6, 6.07) is 14.7. The van der Waals surface area contributed by atoms with Gasteiger partial charge < -0.3 is 5.11 Å². The van der Waals surface area contributed by atoms with Gasteiger partial charge >= 0.3 is 0 Å². The molecule has 0 radical (unpaired) electrons. The number of hydrogen-bond acceptors (Lipinski definition) is 1. The van der Waals surface area contributed by atoms with Gasteiger partial charge in [0.15, 0.2) is 0 Å². The van der Waals surface area contributed by atoms with Crippen LogP contribution in [0.4, 0.5) is 4.39 Å². The second-order valence-electron chi connectivity index (χ2n) is 11.2. The molecule has 0 atom stereocenters. The van der Waals surface area contributed by atoms with Crippen molar-refractivity contribution in [3.63, 3.8) is 0 Å². The minimum absolute atomic E-state index is 0.0697. The first-order valence-corrected chi connectivity index (χ1v) is 14.2. The van der Waals surface area contributed by atoms with Crippen molar-refractivity contribution in [3.05, 3.63) is 59.4 Å². The van der Waals surface area contributed by atoms with Crippen molar-refractivity contribution in [2.75, 3.05) is 6.61 Å². The fourth-order valence-corrected chi connectivity index (χ4v) is 6.59. The lowest BCUT2D eigenvalue weighted by atomic mass is 9.76. The molecule has 0 amide bonds. The van der Waals surface area contributed by atoms with Crippen LogP contribution in [0, 0.1) is 17.7 Å². The number of hydrogen-bond donors (Lipinski definition) is 1. The van der Waals surface area contributed by atoms with Crippen LogP contribution in [-0.4, -0.2) is 11.7 Å². The Morgan fingerprint density at radius 2 is 1.26 bits per heavy atom. The van der Waals surface area contributed by atoms with Crippen molar-refractivity contribution in [1.82, 2.24) is 0 Å². The first-order chi connectivity index (χ1) is 16.7. The highest BCUT2D eigenvalue weighted by Gasteiger charge is 2.24. The number of unbranched alkanes of at least 4 members (excludes halogenated alkanes) is 2. The molecule has 0 heterocycles. The Balaban J connectivity index is 1.32. The van der Waals surface area contributed by atoms with E-state index in [1.165, 1.54) is 88.2 Å². The Bertz CT molecular complexity index is 857. The Morgan fingerprint density at radius 3 is 1.82 bits per heavy atom. The third-order valence-electron chi connectivity index (χ3n) is 8.84. The van der Waals surface area contributed by atoms with E-state index in [0.29, 0.717) is 18.4 Å². The fraction of sp³-hybridized carbons (Fsp3) is 0.625. The summed E-state index contributed by atoms with van der Waals surface area (Å²) in [5.74, 6) is 2.76. The number of aliphatic hydroxyl groups excluding tert-OH is 1. The lowest BCUT2D eigenvalue weighted by Crippen LogP contribution is -2.14. The van der Waals surface area contributed by atoms with Gasteiger partial charge in [0.1, 0.15) is 5.82 Å². The van der Waals surface area contributed by atoms with E-state index in [2.05, 4.69) is 37.3 Å². The van der Waals surface area contributed by atoms with Gasteiger partial charge in [-0.3, -0.25) is 0 Å². The average Bonchev–Trinajstić information content (AvgIpc) is 2.88. The molecule has 0 bridgehead atoms. The zero-order valence-corrected chi connectivity index (χ0v) is 21.3. The molecule has 2 aromatic carbocycles. The number of rotatable bonds is 10. The lowest BCUT2D eigenvalue weighted by molar-refractivity contribution is 0.246. The highest BCUT2D eigenvalue weighted by atomic mass is 19.1. The number of aliphatic hydroxyl groups is 1. The van der Waals surface area contributed by atoms with Crippen molar-refractivity contribution in [2.45, 2.75) is 109 Å². The summed E-state index contributed by atoms with van der Waals surface area (Å²) < 4.78 is 15.2. The smallest absolute Gasteiger partial charge is 0.131 e. The van der Waals surface area contributed by atoms with Gasteiger partial charge in [0.25, 0.3) is 0 Å². The van der Waals surface area contributed by atoms with Crippen LogP contribution in [0.2, 0.25) is 0 Å². The van der Waals surface area contributed by atoms with Crippen LogP contribution in [0.3, 0.4) is 0 Å². The van der Waals surface area contributed by atoms with Gasteiger partial charge in [0.05, 0.1) is 0 Å². The van der Waals surface area contributed by atoms with E-state index in [9.17, 15) is 0 Å². The van der Waals surface area contributed by atoms with Crippen molar-refractivity contribution in [2.24, 2.45) is 11.8 Å². The van der Waals surface area contributed by atoms with E-state index in [-0.39, 0.29) is 5.82 Å². The number of halogens is 1. The molecular formula is C32H45FO. The maximum Gasteiger partial charge on any atom is 0.131 e. The topological polar surface area (TPSA) is 20.2 Å². The molecule has 2 aliphatic carbocycles. The van der Waals surface area contributed by atoms with Gasteiger partial charge in [-0.25, -0.2) is 4.39 Å². The minimum atomic E-state index is -0.0697. The zero-order valence-electron chi connectivity index (χ0n) is 21.3. The van der Waals surface area contributed by atoms with Gasteiger partial charge in [-0.15, -0.1) is 0 Å². The molecule has 0 aromatic heterocycles.